The number of fused-ring (bicyclic) bond motifs is 1. The molecule has 2 amide bonds. The zero-order valence-electron chi connectivity index (χ0n) is 16.4. The van der Waals surface area contributed by atoms with Crippen molar-refractivity contribution < 1.29 is 19.1 Å². The summed E-state index contributed by atoms with van der Waals surface area (Å²) in [7, 11) is 0. The van der Waals surface area contributed by atoms with Crippen molar-refractivity contribution in [3.8, 4) is 0 Å². The Morgan fingerprint density at radius 1 is 0.867 bits per heavy atom. The highest BCUT2D eigenvalue weighted by Gasteiger charge is 2.12. The average Bonchev–Trinajstić information content (AvgIpc) is 2.73. The van der Waals surface area contributed by atoms with Crippen LogP contribution < -0.4 is 10.6 Å². The molecule has 2 N–H and O–H groups in total. The second kappa shape index (κ2) is 9.89. The van der Waals surface area contributed by atoms with Crippen molar-refractivity contribution >= 4 is 51.5 Å². The van der Waals surface area contributed by atoms with Crippen LogP contribution in [0.15, 0.2) is 60.7 Å². The Hall–Kier alpha value is -3.38. The number of nitrogens with one attached hydrogen (secondary N) is 2. The summed E-state index contributed by atoms with van der Waals surface area (Å²) in [5, 5.41) is 7.87. The van der Waals surface area contributed by atoms with E-state index in [9.17, 15) is 14.4 Å². The minimum absolute atomic E-state index is 0.0446. The fourth-order valence-electron chi connectivity index (χ4n) is 2.90. The highest BCUT2D eigenvalue weighted by atomic mass is 35.5. The minimum atomic E-state index is -0.624. The summed E-state index contributed by atoms with van der Waals surface area (Å²) >= 11 is 5.91. The van der Waals surface area contributed by atoms with Crippen molar-refractivity contribution in [1.82, 2.24) is 0 Å². The Morgan fingerprint density at radius 3 is 2.43 bits per heavy atom. The molecule has 154 valence electrons. The molecule has 30 heavy (non-hydrogen) atoms. The van der Waals surface area contributed by atoms with E-state index in [0.717, 1.165) is 16.3 Å². The van der Waals surface area contributed by atoms with Crippen LogP contribution in [0.5, 0.6) is 0 Å². The van der Waals surface area contributed by atoms with Gasteiger partial charge in [-0.1, -0.05) is 54.1 Å². The Labute approximate surface area is 179 Å². The first-order valence-electron chi connectivity index (χ1n) is 9.41. The van der Waals surface area contributed by atoms with Crippen molar-refractivity contribution in [2.45, 2.75) is 19.8 Å². The van der Waals surface area contributed by atoms with Crippen LogP contribution in [0, 0.1) is 6.92 Å². The minimum Gasteiger partial charge on any atom is -0.456 e. The molecule has 0 saturated carbocycles. The molecule has 0 unspecified atom stereocenters. The molecular formula is C23H21ClN2O4. The number of carbonyl (C=O) groups is 3. The molecule has 3 rings (SSSR count). The molecule has 3 aromatic rings. The number of hydrogen-bond acceptors (Lipinski definition) is 4. The van der Waals surface area contributed by atoms with Crippen molar-refractivity contribution in [3.63, 3.8) is 0 Å². The van der Waals surface area contributed by atoms with E-state index in [-0.39, 0.29) is 18.7 Å². The molecule has 0 bridgehead atoms. The number of aryl methyl sites for hydroxylation is 1. The van der Waals surface area contributed by atoms with Crippen LogP contribution >= 0.6 is 11.6 Å². The lowest BCUT2D eigenvalue weighted by molar-refractivity contribution is -0.147. The van der Waals surface area contributed by atoms with Gasteiger partial charge in [-0.05, 0) is 36.1 Å². The van der Waals surface area contributed by atoms with Crippen LogP contribution in [0.1, 0.15) is 18.4 Å². The maximum absolute atomic E-state index is 12.2. The average molecular weight is 425 g/mol. The Morgan fingerprint density at radius 2 is 1.60 bits per heavy atom. The van der Waals surface area contributed by atoms with Crippen LogP contribution in [0.25, 0.3) is 10.8 Å². The molecular weight excluding hydrogens is 404 g/mol. The van der Waals surface area contributed by atoms with Crippen molar-refractivity contribution in [2.75, 3.05) is 17.2 Å². The number of anilines is 2. The first-order valence-corrected chi connectivity index (χ1v) is 9.79. The van der Waals surface area contributed by atoms with Gasteiger partial charge in [0.05, 0.1) is 6.42 Å². The molecule has 0 saturated heterocycles. The number of halogens is 1. The Bertz CT molecular complexity index is 1090. The predicted octanol–water partition coefficient (Wildman–Crippen LogP) is 4.70. The Kier molecular flexibility index (Phi) is 7.03. The van der Waals surface area contributed by atoms with Crippen LogP contribution in [-0.2, 0) is 19.1 Å². The normalized spacial score (nSPS) is 10.5. The second-order valence-corrected chi connectivity index (χ2v) is 7.18. The van der Waals surface area contributed by atoms with Crippen molar-refractivity contribution in [3.05, 3.63) is 71.2 Å². The smallest absolute Gasteiger partial charge is 0.306 e. The van der Waals surface area contributed by atoms with Gasteiger partial charge in [-0.15, -0.1) is 0 Å². The van der Waals surface area contributed by atoms with Crippen LogP contribution in [0.3, 0.4) is 0 Å². The van der Waals surface area contributed by atoms with Gasteiger partial charge in [0.15, 0.2) is 6.61 Å². The van der Waals surface area contributed by atoms with Crippen LogP contribution in [0.2, 0.25) is 5.02 Å². The van der Waals surface area contributed by atoms with Gasteiger partial charge < -0.3 is 15.4 Å². The standard InChI is InChI=1S/C23H21ClN2O4/c1-15-9-10-17(24)13-20(15)26-22(28)14-30-23(29)12-11-21(27)25-19-8-4-6-16-5-2-3-7-18(16)19/h2-10,13H,11-12,14H2,1H3,(H,25,27)(H,26,28). The first-order chi connectivity index (χ1) is 14.4. The summed E-state index contributed by atoms with van der Waals surface area (Å²) in [4.78, 5) is 36.1. The van der Waals surface area contributed by atoms with Gasteiger partial charge in [-0.25, -0.2) is 0 Å². The van der Waals surface area contributed by atoms with Gasteiger partial charge in [-0.3, -0.25) is 14.4 Å². The van der Waals surface area contributed by atoms with Gasteiger partial charge in [0.25, 0.3) is 5.91 Å². The first kappa shape index (κ1) is 21.3. The molecule has 6 nitrogen and oxygen atoms in total. The third-order valence-electron chi connectivity index (χ3n) is 4.46. The molecule has 0 atom stereocenters. The fourth-order valence-corrected chi connectivity index (χ4v) is 3.07. The summed E-state index contributed by atoms with van der Waals surface area (Å²) in [6.07, 6.45) is -0.169. The summed E-state index contributed by atoms with van der Waals surface area (Å²) in [6.45, 7) is 1.39. The molecule has 0 aliphatic rings. The van der Waals surface area contributed by atoms with E-state index >= 15 is 0 Å². The fraction of sp³-hybridized carbons (Fsp3) is 0.174. The SMILES string of the molecule is Cc1ccc(Cl)cc1NC(=O)COC(=O)CCC(=O)Nc1cccc2ccccc12. The third-order valence-corrected chi connectivity index (χ3v) is 4.69. The quantitative estimate of drug-likeness (QED) is 0.538. The monoisotopic (exact) mass is 424 g/mol. The van der Waals surface area contributed by atoms with E-state index in [2.05, 4.69) is 10.6 Å². The van der Waals surface area contributed by atoms with E-state index < -0.39 is 18.5 Å². The molecule has 7 heteroatoms. The maximum Gasteiger partial charge on any atom is 0.306 e. The van der Waals surface area contributed by atoms with E-state index in [1.54, 1.807) is 24.3 Å². The van der Waals surface area contributed by atoms with Gasteiger partial charge in [-0.2, -0.15) is 0 Å². The predicted molar refractivity (Wildman–Crippen MR) is 118 cm³/mol. The lowest BCUT2D eigenvalue weighted by Gasteiger charge is -2.10. The number of ether oxygens (including phenoxy) is 1. The highest BCUT2D eigenvalue weighted by molar-refractivity contribution is 6.31. The van der Waals surface area contributed by atoms with E-state index in [1.807, 2.05) is 43.3 Å². The van der Waals surface area contributed by atoms with Gasteiger partial charge in [0.1, 0.15) is 0 Å². The Balaban J connectivity index is 1.44. The number of esters is 1. The molecule has 0 aliphatic heterocycles. The summed E-state index contributed by atoms with van der Waals surface area (Å²) in [6, 6.07) is 18.4. The highest BCUT2D eigenvalue weighted by Crippen LogP contribution is 2.23. The van der Waals surface area contributed by atoms with Crippen molar-refractivity contribution in [2.24, 2.45) is 0 Å². The van der Waals surface area contributed by atoms with Gasteiger partial charge >= 0.3 is 5.97 Å². The van der Waals surface area contributed by atoms with E-state index in [1.165, 1.54) is 0 Å². The largest absolute Gasteiger partial charge is 0.456 e. The second-order valence-electron chi connectivity index (χ2n) is 6.74. The van der Waals surface area contributed by atoms with Crippen molar-refractivity contribution in [1.29, 1.82) is 0 Å². The molecule has 0 fully saturated rings. The zero-order valence-corrected chi connectivity index (χ0v) is 17.2. The number of rotatable bonds is 7. The lowest BCUT2D eigenvalue weighted by Crippen LogP contribution is -2.22. The molecule has 3 aromatic carbocycles. The third kappa shape index (κ3) is 5.81. The van der Waals surface area contributed by atoms with Gasteiger partial charge in [0.2, 0.25) is 5.91 Å². The number of carbonyl (C=O) groups excluding carboxylic acids is 3. The number of hydrogen-bond donors (Lipinski definition) is 2. The van der Waals surface area contributed by atoms with Crippen LogP contribution in [-0.4, -0.2) is 24.4 Å². The summed E-state index contributed by atoms with van der Waals surface area (Å²) in [5.74, 6) is -1.41. The molecule has 0 aliphatic carbocycles. The summed E-state index contributed by atoms with van der Waals surface area (Å²) in [5.41, 5.74) is 2.07. The maximum atomic E-state index is 12.2. The molecule has 0 radical (unpaired) electrons. The van der Waals surface area contributed by atoms with E-state index in [0.29, 0.717) is 16.4 Å². The topological polar surface area (TPSA) is 84.5 Å². The number of benzene rings is 3. The van der Waals surface area contributed by atoms with Gasteiger partial charge in [0, 0.05) is 28.2 Å². The lowest BCUT2D eigenvalue weighted by atomic mass is 10.1. The van der Waals surface area contributed by atoms with E-state index in [4.69, 9.17) is 16.3 Å². The zero-order chi connectivity index (χ0) is 21.5. The van der Waals surface area contributed by atoms with Crippen LogP contribution in [0.4, 0.5) is 11.4 Å². The molecule has 0 heterocycles. The molecule has 0 aromatic heterocycles. The molecule has 0 spiro atoms. The number of amides is 2. The summed E-state index contributed by atoms with van der Waals surface area (Å²) < 4.78 is 4.95.